The smallest absolute Gasteiger partial charge is 0.246 e. The number of nitrogens with zero attached hydrogens (tertiary/aromatic N) is 4. The van der Waals surface area contributed by atoms with Crippen LogP contribution in [0.25, 0.3) is 11.4 Å². The summed E-state index contributed by atoms with van der Waals surface area (Å²) in [6, 6.07) is 8.03. The molecule has 5 heteroatoms. The van der Waals surface area contributed by atoms with Crippen LogP contribution in [0.5, 0.6) is 0 Å². The van der Waals surface area contributed by atoms with E-state index in [1.807, 2.05) is 11.8 Å². The van der Waals surface area contributed by atoms with Gasteiger partial charge in [0.2, 0.25) is 5.91 Å². The number of likely N-dealkylation sites (N-methyl/N-ethyl adjacent to an activating group) is 1. The summed E-state index contributed by atoms with van der Waals surface area (Å²) in [5.41, 5.74) is 2.22. The largest absolute Gasteiger partial charge is 0.334 e. The van der Waals surface area contributed by atoms with Gasteiger partial charge in [0.05, 0.1) is 6.54 Å². The maximum absolute atomic E-state index is 12.8. The molecule has 1 aromatic heterocycles. The molecule has 2 heterocycles. The topological polar surface area (TPSA) is 51.0 Å². The highest BCUT2D eigenvalue weighted by molar-refractivity contribution is 5.82. The molecule has 0 N–H and O–H groups in total. The van der Waals surface area contributed by atoms with Crippen molar-refractivity contribution in [2.75, 3.05) is 6.54 Å². The molecule has 0 bridgehead atoms. The third-order valence-electron chi connectivity index (χ3n) is 4.39. The number of fused-ring (bicyclic) bond motifs is 1. The highest BCUT2D eigenvalue weighted by Gasteiger charge is 2.35. The molecular weight excluding hydrogens is 288 g/mol. The summed E-state index contributed by atoms with van der Waals surface area (Å²) in [6.45, 7) is 9.62. The third kappa shape index (κ3) is 2.87. The van der Waals surface area contributed by atoms with Crippen molar-refractivity contribution in [2.24, 2.45) is 5.92 Å². The average Bonchev–Trinajstić information content (AvgIpc) is 2.94. The third-order valence-corrected chi connectivity index (χ3v) is 4.39. The monoisotopic (exact) mass is 312 g/mol. The Hall–Kier alpha value is -2.17. The van der Waals surface area contributed by atoms with Crippen LogP contribution in [-0.4, -0.2) is 32.1 Å². The molecule has 0 saturated heterocycles. The van der Waals surface area contributed by atoms with Gasteiger partial charge >= 0.3 is 0 Å². The molecule has 0 saturated carbocycles. The van der Waals surface area contributed by atoms with Crippen LogP contribution in [0.1, 0.15) is 44.6 Å². The SMILES string of the molecule is CCN1Cc2nnc(-c3ccc(C)cc3)n2[C@@H](CC(C)C)C1=O. The van der Waals surface area contributed by atoms with Gasteiger partial charge in [-0.2, -0.15) is 0 Å². The van der Waals surface area contributed by atoms with Crippen LogP contribution < -0.4 is 0 Å². The lowest BCUT2D eigenvalue weighted by atomic mass is 10.00. The van der Waals surface area contributed by atoms with Crippen molar-refractivity contribution in [3.05, 3.63) is 35.7 Å². The molecule has 3 rings (SSSR count). The van der Waals surface area contributed by atoms with E-state index in [1.165, 1.54) is 5.56 Å². The van der Waals surface area contributed by atoms with Gasteiger partial charge in [0, 0.05) is 12.1 Å². The van der Waals surface area contributed by atoms with E-state index in [9.17, 15) is 4.79 Å². The number of aryl methyl sites for hydroxylation is 1. The Morgan fingerprint density at radius 1 is 1.22 bits per heavy atom. The highest BCUT2D eigenvalue weighted by atomic mass is 16.2. The average molecular weight is 312 g/mol. The Morgan fingerprint density at radius 2 is 1.91 bits per heavy atom. The molecule has 2 aromatic rings. The zero-order chi connectivity index (χ0) is 16.6. The Labute approximate surface area is 137 Å². The van der Waals surface area contributed by atoms with Crippen LogP contribution in [0.2, 0.25) is 0 Å². The second kappa shape index (κ2) is 6.14. The molecule has 1 amide bonds. The summed E-state index contributed by atoms with van der Waals surface area (Å²) >= 11 is 0. The first-order chi connectivity index (χ1) is 11.0. The summed E-state index contributed by atoms with van der Waals surface area (Å²) < 4.78 is 2.05. The van der Waals surface area contributed by atoms with Gasteiger partial charge in [-0.3, -0.25) is 9.36 Å². The molecule has 0 fully saturated rings. The zero-order valence-corrected chi connectivity index (χ0v) is 14.3. The van der Waals surface area contributed by atoms with E-state index in [0.29, 0.717) is 19.0 Å². The molecule has 122 valence electrons. The Morgan fingerprint density at radius 3 is 2.52 bits per heavy atom. The Balaban J connectivity index is 2.08. The van der Waals surface area contributed by atoms with Crippen LogP contribution in [0, 0.1) is 12.8 Å². The van der Waals surface area contributed by atoms with Crippen molar-refractivity contribution in [3.63, 3.8) is 0 Å². The Kier molecular flexibility index (Phi) is 4.20. The fourth-order valence-corrected chi connectivity index (χ4v) is 3.15. The predicted octanol–water partition coefficient (Wildman–Crippen LogP) is 3.20. The molecule has 0 aliphatic carbocycles. The van der Waals surface area contributed by atoms with Crippen molar-refractivity contribution in [2.45, 2.75) is 46.7 Å². The molecule has 0 radical (unpaired) electrons. The second-order valence-corrected chi connectivity index (χ2v) is 6.67. The van der Waals surface area contributed by atoms with Gasteiger partial charge in [0.25, 0.3) is 0 Å². The van der Waals surface area contributed by atoms with Crippen molar-refractivity contribution >= 4 is 5.91 Å². The van der Waals surface area contributed by atoms with E-state index < -0.39 is 0 Å². The molecule has 1 aliphatic rings. The fourth-order valence-electron chi connectivity index (χ4n) is 3.15. The summed E-state index contributed by atoms with van der Waals surface area (Å²) in [5, 5.41) is 8.76. The summed E-state index contributed by atoms with van der Waals surface area (Å²) in [7, 11) is 0. The van der Waals surface area contributed by atoms with Gasteiger partial charge in [0.1, 0.15) is 6.04 Å². The van der Waals surface area contributed by atoms with Gasteiger partial charge in [0.15, 0.2) is 11.6 Å². The first-order valence-electron chi connectivity index (χ1n) is 8.30. The lowest BCUT2D eigenvalue weighted by molar-refractivity contribution is -0.137. The minimum Gasteiger partial charge on any atom is -0.334 e. The van der Waals surface area contributed by atoms with Gasteiger partial charge in [-0.05, 0) is 26.2 Å². The molecule has 1 atom stereocenters. The van der Waals surface area contributed by atoms with E-state index in [2.05, 4.69) is 59.8 Å². The summed E-state index contributed by atoms with van der Waals surface area (Å²) in [6.07, 6.45) is 0.805. The fraction of sp³-hybridized carbons (Fsp3) is 0.500. The van der Waals surface area contributed by atoms with Gasteiger partial charge in [-0.15, -0.1) is 10.2 Å². The normalized spacial score (nSPS) is 17.7. The number of benzene rings is 1. The lowest BCUT2D eigenvalue weighted by Gasteiger charge is -2.34. The predicted molar refractivity (Wildman–Crippen MR) is 89.8 cm³/mol. The molecule has 0 spiro atoms. The van der Waals surface area contributed by atoms with Crippen molar-refractivity contribution in [1.29, 1.82) is 0 Å². The second-order valence-electron chi connectivity index (χ2n) is 6.67. The number of hydrogen-bond acceptors (Lipinski definition) is 3. The first-order valence-corrected chi connectivity index (χ1v) is 8.30. The molecule has 1 aromatic carbocycles. The molecular formula is C18H24N4O. The zero-order valence-electron chi connectivity index (χ0n) is 14.3. The van der Waals surface area contributed by atoms with Gasteiger partial charge in [-0.25, -0.2) is 0 Å². The van der Waals surface area contributed by atoms with Gasteiger partial charge in [-0.1, -0.05) is 43.7 Å². The molecule has 1 aliphatic heterocycles. The van der Waals surface area contributed by atoms with E-state index in [4.69, 9.17) is 0 Å². The van der Waals surface area contributed by atoms with Gasteiger partial charge < -0.3 is 4.90 Å². The minimum absolute atomic E-state index is 0.182. The molecule has 5 nitrogen and oxygen atoms in total. The Bertz CT molecular complexity index is 702. The van der Waals surface area contributed by atoms with Crippen LogP contribution in [0.4, 0.5) is 0 Å². The van der Waals surface area contributed by atoms with Crippen LogP contribution in [0.15, 0.2) is 24.3 Å². The number of carbonyl (C=O) groups is 1. The standard InChI is InChI=1S/C18H24N4O/c1-5-21-11-16-19-20-17(14-8-6-13(4)7-9-14)22(16)15(18(21)23)10-12(2)3/h6-9,12,15H,5,10-11H2,1-4H3/t15-/m0/s1. The first kappa shape index (κ1) is 15.7. The van der Waals surface area contributed by atoms with Crippen molar-refractivity contribution in [1.82, 2.24) is 19.7 Å². The number of amides is 1. The van der Waals surface area contributed by atoms with E-state index >= 15 is 0 Å². The maximum atomic E-state index is 12.8. The van der Waals surface area contributed by atoms with Crippen LogP contribution >= 0.6 is 0 Å². The molecule has 23 heavy (non-hydrogen) atoms. The van der Waals surface area contributed by atoms with Crippen molar-refractivity contribution in [3.8, 4) is 11.4 Å². The van der Waals surface area contributed by atoms with E-state index in [1.54, 1.807) is 0 Å². The quantitative estimate of drug-likeness (QED) is 0.871. The van der Waals surface area contributed by atoms with E-state index in [0.717, 1.165) is 23.6 Å². The van der Waals surface area contributed by atoms with Crippen LogP contribution in [-0.2, 0) is 11.3 Å². The number of hydrogen-bond donors (Lipinski definition) is 0. The number of carbonyl (C=O) groups excluding carboxylic acids is 1. The maximum Gasteiger partial charge on any atom is 0.246 e. The summed E-state index contributed by atoms with van der Waals surface area (Å²) in [4.78, 5) is 14.7. The van der Waals surface area contributed by atoms with E-state index in [-0.39, 0.29) is 11.9 Å². The summed E-state index contributed by atoms with van der Waals surface area (Å²) in [5.74, 6) is 2.30. The highest BCUT2D eigenvalue weighted by Crippen LogP contribution is 2.32. The lowest BCUT2D eigenvalue weighted by Crippen LogP contribution is -2.43. The van der Waals surface area contributed by atoms with Crippen LogP contribution in [0.3, 0.4) is 0 Å². The minimum atomic E-state index is -0.204. The number of aromatic nitrogens is 3. The number of rotatable bonds is 4. The molecule has 0 unspecified atom stereocenters. The van der Waals surface area contributed by atoms with Crippen molar-refractivity contribution < 1.29 is 4.79 Å².